The number of hydrogen-bond acceptors (Lipinski definition) is 6. The Bertz CT molecular complexity index is 1050. The number of hydrogen-bond donors (Lipinski definition) is 0. The van der Waals surface area contributed by atoms with Gasteiger partial charge in [-0.15, -0.1) is 0 Å². The first kappa shape index (κ1) is 20.7. The van der Waals surface area contributed by atoms with Crippen molar-refractivity contribution in [3.63, 3.8) is 0 Å². The van der Waals surface area contributed by atoms with Gasteiger partial charge in [0, 0.05) is 37.1 Å². The molecule has 6 heteroatoms. The van der Waals surface area contributed by atoms with Gasteiger partial charge in [-0.25, -0.2) is 9.97 Å². The minimum absolute atomic E-state index is 0.313. The first-order chi connectivity index (χ1) is 15.7. The van der Waals surface area contributed by atoms with Gasteiger partial charge in [0.2, 0.25) is 0 Å². The quantitative estimate of drug-likeness (QED) is 0.582. The molecule has 5 rings (SSSR count). The maximum absolute atomic E-state index is 5.90. The summed E-state index contributed by atoms with van der Waals surface area (Å²) in [5.74, 6) is 3.41. The molecule has 0 amide bonds. The van der Waals surface area contributed by atoms with Crippen LogP contribution in [0.3, 0.4) is 0 Å². The second-order valence-corrected chi connectivity index (χ2v) is 9.03. The van der Waals surface area contributed by atoms with Crippen molar-refractivity contribution in [1.82, 2.24) is 15.0 Å². The van der Waals surface area contributed by atoms with Crippen LogP contribution in [0.25, 0.3) is 11.4 Å². The van der Waals surface area contributed by atoms with Gasteiger partial charge in [0.25, 0.3) is 0 Å². The zero-order valence-corrected chi connectivity index (χ0v) is 18.9. The van der Waals surface area contributed by atoms with E-state index >= 15 is 0 Å². The van der Waals surface area contributed by atoms with Crippen molar-refractivity contribution in [2.75, 3.05) is 42.6 Å². The van der Waals surface area contributed by atoms with Crippen molar-refractivity contribution < 1.29 is 4.74 Å². The summed E-state index contributed by atoms with van der Waals surface area (Å²) in [4.78, 5) is 19.1. The summed E-state index contributed by atoms with van der Waals surface area (Å²) in [6.07, 6.45) is 6.06. The topological polar surface area (TPSA) is 54.4 Å². The van der Waals surface area contributed by atoms with Crippen molar-refractivity contribution in [2.24, 2.45) is 5.92 Å². The van der Waals surface area contributed by atoms with Crippen molar-refractivity contribution in [3.8, 4) is 17.1 Å². The molecule has 3 aromatic rings. The summed E-state index contributed by atoms with van der Waals surface area (Å²) in [5, 5.41) is 0. The second-order valence-electron chi connectivity index (χ2n) is 9.03. The average molecular weight is 430 g/mol. The SMILES string of the molecule is CC(C)c1ncccc1-c1ncc2c(n1)N(CC1CCN(c3ccccc3)CC1)CCO2. The largest absolute Gasteiger partial charge is 0.486 e. The molecule has 0 spiro atoms. The Morgan fingerprint density at radius 3 is 2.59 bits per heavy atom. The third-order valence-electron chi connectivity index (χ3n) is 6.50. The standard InChI is InChI=1S/C26H31N5O/c1-19(2)24-22(9-6-12-27-24)25-28-17-23-26(29-25)31(15-16-32-23)18-20-10-13-30(14-11-20)21-7-4-3-5-8-21/h3-9,12,17,19-20H,10-11,13-16,18H2,1-2H3. The van der Waals surface area contributed by atoms with Crippen LogP contribution in [0.15, 0.2) is 54.9 Å². The van der Waals surface area contributed by atoms with E-state index < -0.39 is 0 Å². The Labute approximate surface area is 190 Å². The molecule has 6 nitrogen and oxygen atoms in total. The summed E-state index contributed by atoms with van der Waals surface area (Å²) in [6.45, 7) is 9.08. The number of nitrogens with zero attached hydrogens (tertiary/aromatic N) is 5. The molecule has 0 radical (unpaired) electrons. The molecule has 0 N–H and O–H groups in total. The third kappa shape index (κ3) is 4.27. The fraction of sp³-hybridized carbons (Fsp3) is 0.423. The number of para-hydroxylation sites is 1. The molecule has 32 heavy (non-hydrogen) atoms. The zero-order chi connectivity index (χ0) is 21.9. The van der Waals surface area contributed by atoms with Crippen molar-refractivity contribution in [3.05, 3.63) is 60.6 Å². The highest BCUT2D eigenvalue weighted by Crippen LogP contribution is 2.34. The summed E-state index contributed by atoms with van der Waals surface area (Å²) < 4.78 is 5.90. The highest BCUT2D eigenvalue weighted by atomic mass is 16.5. The van der Waals surface area contributed by atoms with E-state index in [0.29, 0.717) is 18.4 Å². The Morgan fingerprint density at radius 1 is 1.00 bits per heavy atom. The molecule has 2 aromatic heterocycles. The summed E-state index contributed by atoms with van der Waals surface area (Å²) in [5.41, 5.74) is 3.37. The number of ether oxygens (including phenoxy) is 1. The van der Waals surface area contributed by atoms with Crippen molar-refractivity contribution in [2.45, 2.75) is 32.6 Å². The van der Waals surface area contributed by atoms with E-state index in [4.69, 9.17) is 9.72 Å². The fourth-order valence-electron chi connectivity index (χ4n) is 4.76. The Morgan fingerprint density at radius 2 is 1.81 bits per heavy atom. The monoisotopic (exact) mass is 429 g/mol. The van der Waals surface area contributed by atoms with Crippen LogP contribution >= 0.6 is 0 Å². The number of rotatable bonds is 5. The highest BCUT2D eigenvalue weighted by Gasteiger charge is 2.27. The third-order valence-corrected chi connectivity index (χ3v) is 6.50. The van der Waals surface area contributed by atoms with Gasteiger partial charge in [-0.3, -0.25) is 4.98 Å². The van der Waals surface area contributed by atoms with Crippen LogP contribution < -0.4 is 14.5 Å². The summed E-state index contributed by atoms with van der Waals surface area (Å²) in [6, 6.07) is 14.8. The lowest BCUT2D eigenvalue weighted by Crippen LogP contribution is -2.42. The molecule has 0 atom stereocenters. The zero-order valence-electron chi connectivity index (χ0n) is 18.9. The minimum Gasteiger partial charge on any atom is -0.486 e. The Hall–Kier alpha value is -3.15. The lowest BCUT2D eigenvalue weighted by molar-refractivity contribution is 0.294. The lowest BCUT2D eigenvalue weighted by atomic mass is 9.95. The van der Waals surface area contributed by atoms with Gasteiger partial charge in [-0.2, -0.15) is 0 Å². The van der Waals surface area contributed by atoms with Crippen LogP contribution in [0.2, 0.25) is 0 Å². The molecule has 1 aromatic carbocycles. The number of piperidine rings is 1. The van der Waals surface area contributed by atoms with E-state index in [1.807, 2.05) is 18.5 Å². The van der Waals surface area contributed by atoms with Crippen molar-refractivity contribution in [1.29, 1.82) is 0 Å². The van der Waals surface area contributed by atoms with Gasteiger partial charge in [-0.1, -0.05) is 32.0 Å². The summed E-state index contributed by atoms with van der Waals surface area (Å²) in [7, 11) is 0. The molecule has 1 fully saturated rings. The molecule has 0 aliphatic carbocycles. The van der Waals surface area contributed by atoms with Gasteiger partial charge >= 0.3 is 0 Å². The maximum atomic E-state index is 5.90. The smallest absolute Gasteiger partial charge is 0.180 e. The van der Waals surface area contributed by atoms with E-state index in [-0.39, 0.29) is 0 Å². The van der Waals surface area contributed by atoms with Crippen LogP contribution in [0.4, 0.5) is 11.5 Å². The van der Waals surface area contributed by atoms with E-state index in [2.05, 4.69) is 70.0 Å². The Balaban J connectivity index is 1.32. The number of aromatic nitrogens is 3. The average Bonchev–Trinajstić information content (AvgIpc) is 2.85. The fourth-order valence-corrected chi connectivity index (χ4v) is 4.76. The predicted molar refractivity (Wildman–Crippen MR) is 128 cm³/mol. The molecule has 4 heterocycles. The van der Waals surface area contributed by atoms with E-state index in [9.17, 15) is 0 Å². The van der Waals surface area contributed by atoms with Gasteiger partial charge < -0.3 is 14.5 Å². The van der Waals surface area contributed by atoms with E-state index in [1.54, 1.807) is 0 Å². The minimum atomic E-state index is 0.313. The highest BCUT2D eigenvalue weighted by molar-refractivity contribution is 5.64. The molecular formula is C26H31N5O. The maximum Gasteiger partial charge on any atom is 0.180 e. The molecule has 2 aliphatic heterocycles. The van der Waals surface area contributed by atoms with Gasteiger partial charge in [-0.05, 0) is 48.9 Å². The molecular weight excluding hydrogens is 398 g/mol. The predicted octanol–water partition coefficient (Wildman–Crippen LogP) is 4.78. The first-order valence-corrected chi connectivity index (χ1v) is 11.7. The molecule has 0 unspecified atom stereocenters. The van der Waals surface area contributed by atoms with Crippen LogP contribution in [-0.4, -0.2) is 47.7 Å². The normalized spacial score (nSPS) is 16.7. The lowest BCUT2D eigenvalue weighted by Gasteiger charge is -2.38. The van der Waals surface area contributed by atoms with Gasteiger partial charge in [0.15, 0.2) is 17.4 Å². The number of pyridine rings is 1. The van der Waals surface area contributed by atoms with E-state index in [1.165, 1.54) is 18.5 Å². The first-order valence-electron chi connectivity index (χ1n) is 11.7. The molecule has 0 bridgehead atoms. The number of benzene rings is 1. The number of anilines is 2. The van der Waals surface area contributed by atoms with Crippen LogP contribution in [0, 0.1) is 5.92 Å². The molecule has 0 saturated carbocycles. The van der Waals surface area contributed by atoms with Crippen LogP contribution in [-0.2, 0) is 0 Å². The van der Waals surface area contributed by atoms with Gasteiger partial charge in [0.1, 0.15) is 6.61 Å². The molecule has 2 aliphatic rings. The van der Waals surface area contributed by atoms with E-state index in [0.717, 1.165) is 54.8 Å². The van der Waals surface area contributed by atoms with Crippen LogP contribution in [0.1, 0.15) is 38.3 Å². The van der Waals surface area contributed by atoms with Crippen molar-refractivity contribution >= 4 is 11.5 Å². The Kier molecular flexibility index (Phi) is 5.93. The molecule has 1 saturated heterocycles. The van der Waals surface area contributed by atoms with Crippen LogP contribution in [0.5, 0.6) is 5.75 Å². The number of fused-ring (bicyclic) bond motifs is 1. The molecule has 166 valence electrons. The summed E-state index contributed by atoms with van der Waals surface area (Å²) >= 11 is 0. The second kappa shape index (κ2) is 9.15. The van der Waals surface area contributed by atoms with Gasteiger partial charge in [0.05, 0.1) is 18.4 Å².